The third kappa shape index (κ3) is 4.44. The Bertz CT molecular complexity index is 1130. The van der Waals surface area contributed by atoms with Gasteiger partial charge in [-0.15, -0.1) is 0 Å². The molecule has 0 atom stereocenters. The van der Waals surface area contributed by atoms with Crippen LogP contribution in [0.3, 0.4) is 0 Å². The highest BCUT2D eigenvalue weighted by Gasteiger charge is 2.23. The minimum Gasteiger partial charge on any atom is -0.367 e. The molecule has 3 heterocycles. The number of nitrogens with zero attached hydrogens (tertiary/aromatic N) is 4. The van der Waals surface area contributed by atoms with Gasteiger partial charge in [0.05, 0.1) is 17.7 Å². The zero-order valence-electron chi connectivity index (χ0n) is 20.2. The molecule has 2 aliphatic rings. The Balaban J connectivity index is 1.57. The van der Waals surface area contributed by atoms with Gasteiger partial charge in [0, 0.05) is 51.7 Å². The molecule has 0 radical (unpaired) electrons. The molecule has 2 aromatic carbocycles. The average Bonchev–Trinajstić information content (AvgIpc) is 3.08. The zero-order chi connectivity index (χ0) is 23.1. The highest BCUT2D eigenvalue weighted by atomic mass is 19.1. The van der Waals surface area contributed by atoms with Gasteiger partial charge < -0.3 is 25.0 Å². The number of halogens is 1. The Morgan fingerprint density at radius 3 is 2.36 bits per heavy atom. The first-order valence-corrected chi connectivity index (χ1v) is 12.0. The minimum atomic E-state index is -0.113. The van der Waals surface area contributed by atoms with Crippen LogP contribution in [0, 0.1) is 32.5 Å². The van der Waals surface area contributed by atoms with Crippen LogP contribution in [0.25, 0.3) is 11.0 Å². The summed E-state index contributed by atoms with van der Waals surface area (Å²) >= 11 is 0. The summed E-state index contributed by atoms with van der Waals surface area (Å²) in [6.07, 6.45) is 0. The van der Waals surface area contributed by atoms with Crippen LogP contribution in [-0.2, 0) is 6.54 Å². The Kier molecular flexibility index (Phi) is 6.01. The van der Waals surface area contributed by atoms with Crippen molar-refractivity contribution in [1.82, 2.24) is 19.8 Å². The fraction of sp³-hybridized carbons (Fsp3) is 0.500. The summed E-state index contributed by atoms with van der Waals surface area (Å²) in [5.74, 6) is 1.42. The normalized spacial score (nSPS) is 17.5. The predicted molar refractivity (Wildman–Crippen MR) is 134 cm³/mol. The van der Waals surface area contributed by atoms with E-state index in [1.54, 1.807) is 0 Å². The predicted octanol–water partition coefficient (Wildman–Crippen LogP) is 3.53. The van der Waals surface area contributed by atoms with Gasteiger partial charge in [-0.25, -0.2) is 9.37 Å². The third-order valence-corrected chi connectivity index (χ3v) is 7.07. The Morgan fingerprint density at radius 1 is 1.03 bits per heavy atom. The Morgan fingerprint density at radius 2 is 1.73 bits per heavy atom. The molecule has 2 aliphatic heterocycles. The Labute approximate surface area is 195 Å². The maximum absolute atomic E-state index is 14.3. The number of hydrogen-bond acceptors (Lipinski definition) is 5. The Hall–Kier alpha value is -2.64. The van der Waals surface area contributed by atoms with E-state index in [4.69, 9.17) is 4.98 Å². The van der Waals surface area contributed by atoms with Crippen molar-refractivity contribution in [2.45, 2.75) is 27.3 Å². The second kappa shape index (κ2) is 8.95. The number of fused-ring (bicyclic) bond motifs is 1. The maximum Gasteiger partial charge on any atom is 0.204 e. The van der Waals surface area contributed by atoms with Crippen molar-refractivity contribution >= 4 is 22.7 Å². The van der Waals surface area contributed by atoms with Crippen molar-refractivity contribution in [3.8, 4) is 0 Å². The first-order valence-electron chi connectivity index (χ1n) is 12.0. The number of aryl methyl sites for hydroxylation is 3. The molecule has 0 bridgehead atoms. The summed E-state index contributed by atoms with van der Waals surface area (Å²) in [6.45, 7) is 13.7. The molecule has 2 fully saturated rings. The lowest BCUT2D eigenvalue weighted by molar-refractivity contribution is 0.313. The highest BCUT2D eigenvalue weighted by molar-refractivity contribution is 5.92. The molecule has 5 rings (SSSR count). The molecule has 1 aromatic heterocycles. The van der Waals surface area contributed by atoms with Crippen LogP contribution < -0.4 is 15.5 Å². The molecule has 7 heteroatoms. The summed E-state index contributed by atoms with van der Waals surface area (Å²) in [4.78, 5) is 9.99. The molecular weight excluding hydrogens is 415 g/mol. The van der Waals surface area contributed by atoms with E-state index < -0.39 is 0 Å². The number of hydrogen-bond donors (Lipinski definition) is 2. The van der Waals surface area contributed by atoms with Gasteiger partial charge in [0.15, 0.2) is 0 Å². The molecule has 0 saturated carbocycles. The van der Waals surface area contributed by atoms with Crippen LogP contribution in [0.15, 0.2) is 24.3 Å². The zero-order valence-corrected chi connectivity index (χ0v) is 20.2. The molecular formula is C26H35FN6. The van der Waals surface area contributed by atoms with E-state index in [9.17, 15) is 4.39 Å². The molecule has 0 amide bonds. The molecule has 2 saturated heterocycles. The summed E-state index contributed by atoms with van der Waals surface area (Å²) < 4.78 is 16.5. The second-order valence-corrected chi connectivity index (χ2v) is 9.91. The van der Waals surface area contributed by atoms with Crippen LogP contribution in [0.2, 0.25) is 0 Å². The summed E-state index contributed by atoms with van der Waals surface area (Å²) in [6, 6.07) is 8.44. The highest BCUT2D eigenvalue weighted by Crippen LogP contribution is 2.32. The number of benzene rings is 2. The number of piperazine rings is 1. The van der Waals surface area contributed by atoms with Crippen LogP contribution in [0.1, 0.15) is 22.3 Å². The topological polar surface area (TPSA) is 48.4 Å². The number of nitrogens with one attached hydrogen (secondary N) is 2. The quantitative estimate of drug-likeness (QED) is 0.602. The van der Waals surface area contributed by atoms with E-state index in [0.29, 0.717) is 23.6 Å². The molecule has 6 nitrogen and oxygen atoms in total. The van der Waals surface area contributed by atoms with Crippen molar-refractivity contribution in [3.63, 3.8) is 0 Å². The standard InChI is InChI=1S/C26H35FN6/c1-17-9-22(32-7-5-31(4)6-8-32)25-23(10-17)33(26(30-25)29-15-21-13-28-14-21)16-20-11-18(2)24(27)19(3)12-20/h9-12,21,28H,5-8,13-16H2,1-4H3,(H,29,30). The van der Waals surface area contributed by atoms with Gasteiger partial charge in [0.1, 0.15) is 11.3 Å². The first-order chi connectivity index (χ1) is 15.9. The number of rotatable bonds is 6. The number of aromatic nitrogens is 2. The SMILES string of the molecule is Cc1cc(N2CCN(C)CC2)c2nc(NCC3CNC3)n(Cc3cc(C)c(F)c(C)c3)c2c1. The van der Waals surface area contributed by atoms with E-state index in [1.165, 1.54) is 11.3 Å². The molecule has 3 aromatic rings. The van der Waals surface area contributed by atoms with Gasteiger partial charge in [-0.1, -0.05) is 12.1 Å². The maximum atomic E-state index is 14.3. The van der Waals surface area contributed by atoms with Gasteiger partial charge in [0.2, 0.25) is 5.95 Å². The number of likely N-dealkylation sites (N-methyl/N-ethyl adjacent to an activating group) is 1. The van der Waals surface area contributed by atoms with Crippen LogP contribution >= 0.6 is 0 Å². The smallest absolute Gasteiger partial charge is 0.204 e. The van der Waals surface area contributed by atoms with Crippen molar-refractivity contribution in [3.05, 3.63) is 52.3 Å². The van der Waals surface area contributed by atoms with E-state index >= 15 is 0 Å². The van der Waals surface area contributed by atoms with Gasteiger partial charge in [-0.05, 0) is 62.2 Å². The largest absolute Gasteiger partial charge is 0.367 e. The fourth-order valence-corrected chi connectivity index (χ4v) is 4.96. The molecule has 2 N–H and O–H groups in total. The van der Waals surface area contributed by atoms with E-state index in [-0.39, 0.29) is 5.82 Å². The molecule has 0 spiro atoms. The number of anilines is 2. The molecule has 176 valence electrons. The van der Waals surface area contributed by atoms with Crippen molar-refractivity contribution in [1.29, 1.82) is 0 Å². The van der Waals surface area contributed by atoms with Gasteiger partial charge in [-0.3, -0.25) is 0 Å². The molecule has 0 unspecified atom stereocenters. The third-order valence-electron chi connectivity index (χ3n) is 7.07. The fourth-order valence-electron chi connectivity index (χ4n) is 4.96. The van der Waals surface area contributed by atoms with Gasteiger partial charge in [0.25, 0.3) is 0 Å². The lowest BCUT2D eigenvalue weighted by Gasteiger charge is -2.34. The lowest BCUT2D eigenvalue weighted by Crippen LogP contribution is -2.45. The van der Waals surface area contributed by atoms with Crippen molar-refractivity contribution in [2.24, 2.45) is 5.92 Å². The van der Waals surface area contributed by atoms with Crippen LogP contribution in [0.4, 0.5) is 16.0 Å². The minimum absolute atomic E-state index is 0.113. The average molecular weight is 451 g/mol. The van der Waals surface area contributed by atoms with E-state index in [2.05, 4.69) is 51.1 Å². The van der Waals surface area contributed by atoms with Crippen LogP contribution in [-0.4, -0.2) is 67.3 Å². The van der Waals surface area contributed by atoms with Gasteiger partial charge in [-0.2, -0.15) is 0 Å². The molecule has 0 aliphatic carbocycles. The monoisotopic (exact) mass is 450 g/mol. The summed E-state index contributed by atoms with van der Waals surface area (Å²) in [7, 11) is 2.18. The molecule has 33 heavy (non-hydrogen) atoms. The van der Waals surface area contributed by atoms with Crippen LogP contribution in [0.5, 0.6) is 0 Å². The lowest BCUT2D eigenvalue weighted by atomic mass is 10.0. The van der Waals surface area contributed by atoms with Gasteiger partial charge >= 0.3 is 0 Å². The van der Waals surface area contributed by atoms with E-state index in [0.717, 1.165) is 68.4 Å². The number of imidazole rings is 1. The van der Waals surface area contributed by atoms with E-state index in [1.807, 2.05) is 26.0 Å². The summed E-state index contributed by atoms with van der Waals surface area (Å²) in [5, 5.41) is 6.98. The second-order valence-electron chi connectivity index (χ2n) is 9.91. The van der Waals surface area contributed by atoms with Crippen molar-refractivity contribution < 1.29 is 4.39 Å². The first kappa shape index (κ1) is 22.2. The summed E-state index contributed by atoms with van der Waals surface area (Å²) in [5.41, 5.74) is 7.13. The van der Waals surface area contributed by atoms with Crippen molar-refractivity contribution in [2.75, 3.05) is 63.1 Å².